The van der Waals surface area contributed by atoms with Crippen molar-refractivity contribution in [1.82, 2.24) is 15.1 Å². The molecule has 2 aromatic rings. The van der Waals surface area contributed by atoms with E-state index < -0.39 is 12.1 Å². The van der Waals surface area contributed by atoms with Crippen LogP contribution < -0.4 is 26.4 Å². The topological polar surface area (TPSA) is 166 Å². The normalized spacial score (nSPS) is 17.0. The van der Waals surface area contributed by atoms with Crippen molar-refractivity contribution in [2.24, 2.45) is 5.92 Å². The van der Waals surface area contributed by atoms with Crippen LogP contribution in [-0.4, -0.2) is 83.6 Å². The summed E-state index contributed by atoms with van der Waals surface area (Å²) < 4.78 is 6.47. The Labute approximate surface area is 265 Å². The Kier molecular flexibility index (Phi) is 13.0. The first-order chi connectivity index (χ1) is 21.4. The number of hydrogen-bond acceptors (Lipinski definition) is 7. The molecule has 5 amide bonds. The Morgan fingerprint density at radius 2 is 1.62 bits per heavy atom. The van der Waals surface area contributed by atoms with Gasteiger partial charge in [-0.1, -0.05) is 31.5 Å². The maximum atomic E-state index is 13.7. The van der Waals surface area contributed by atoms with E-state index in [1.54, 1.807) is 66.2 Å². The average Bonchev–Trinajstić information content (AvgIpc) is 2.99. The Balaban J connectivity index is 1.68. The number of rotatable bonds is 13. The van der Waals surface area contributed by atoms with Crippen LogP contribution in [0.1, 0.15) is 70.2 Å². The predicted molar refractivity (Wildman–Crippen MR) is 175 cm³/mol. The summed E-state index contributed by atoms with van der Waals surface area (Å²) in [5.41, 5.74) is 7.59. The number of unbranched alkanes of at least 4 members (excludes halogenated alkanes) is 2. The van der Waals surface area contributed by atoms with Gasteiger partial charge < -0.3 is 41.3 Å². The van der Waals surface area contributed by atoms with Gasteiger partial charge in [-0.25, -0.2) is 4.79 Å². The number of ether oxygens (including phenoxy) is 1. The molecule has 0 spiro atoms. The largest absolute Gasteiger partial charge is 0.485 e. The molecule has 3 atom stereocenters. The van der Waals surface area contributed by atoms with Crippen LogP contribution in [0.25, 0.3) is 0 Å². The average molecular weight is 625 g/mol. The number of aliphatic hydroxyl groups is 1. The molecule has 12 heteroatoms. The summed E-state index contributed by atoms with van der Waals surface area (Å²) in [4.78, 5) is 54.8. The van der Waals surface area contributed by atoms with E-state index in [1.165, 1.54) is 0 Å². The number of fused-ring (bicyclic) bond motifs is 1. The maximum absolute atomic E-state index is 13.7. The summed E-state index contributed by atoms with van der Waals surface area (Å²) in [7, 11) is 1.68. The molecule has 0 aliphatic carbocycles. The van der Waals surface area contributed by atoms with Gasteiger partial charge in [0, 0.05) is 38.4 Å². The SMILES string of the molecule is CC(C)NC(=O)N(C)C[C@@H]1Oc2c(NC(=O)CCCCCC(=O)Nc3ccccc3N)cccc2C(=O)N([C@H](C)CO)C[C@H]1C. The van der Waals surface area contributed by atoms with Crippen molar-refractivity contribution in [3.8, 4) is 5.75 Å². The van der Waals surface area contributed by atoms with Crippen molar-refractivity contribution in [2.75, 3.05) is 43.1 Å². The summed E-state index contributed by atoms with van der Waals surface area (Å²) in [5, 5.41) is 18.5. The highest BCUT2D eigenvalue weighted by Gasteiger charge is 2.35. The molecular weight excluding hydrogens is 576 g/mol. The molecule has 0 bridgehead atoms. The third kappa shape index (κ3) is 10.1. The van der Waals surface area contributed by atoms with Gasteiger partial charge >= 0.3 is 6.03 Å². The van der Waals surface area contributed by atoms with Crippen molar-refractivity contribution in [3.05, 3.63) is 48.0 Å². The molecule has 1 heterocycles. The quantitative estimate of drug-likeness (QED) is 0.165. The Morgan fingerprint density at radius 1 is 1.00 bits per heavy atom. The number of likely N-dealkylation sites (N-methyl/N-ethyl adjacent to an activating group) is 1. The molecule has 0 radical (unpaired) electrons. The van der Waals surface area contributed by atoms with Crippen molar-refractivity contribution >= 4 is 40.8 Å². The molecule has 0 fully saturated rings. The van der Waals surface area contributed by atoms with E-state index in [0.29, 0.717) is 49.3 Å². The van der Waals surface area contributed by atoms with Crippen LogP contribution in [0, 0.1) is 5.92 Å². The van der Waals surface area contributed by atoms with Crippen LogP contribution >= 0.6 is 0 Å². The van der Waals surface area contributed by atoms with E-state index >= 15 is 0 Å². The van der Waals surface area contributed by atoms with E-state index in [1.807, 2.05) is 20.8 Å². The second-order valence-corrected chi connectivity index (χ2v) is 12.0. The molecule has 0 saturated heterocycles. The molecule has 1 aliphatic rings. The molecule has 1 aliphatic heterocycles. The van der Waals surface area contributed by atoms with Gasteiger partial charge in [-0.15, -0.1) is 0 Å². The third-order valence-electron chi connectivity index (χ3n) is 7.72. The third-order valence-corrected chi connectivity index (χ3v) is 7.72. The number of carbonyl (C=O) groups excluding carboxylic acids is 4. The van der Waals surface area contributed by atoms with Gasteiger partial charge in [0.2, 0.25) is 11.8 Å². The van der Waals surface area contributed by atoms with E-state index in [-0.39, 0.29) is 66.6 Å². The van der Waals surface area contributed by atoms with Gasteiger partial charge in [0.15, 0.2) is 5.75 Å². The van der Waals surface area contributed by atoms with E-state index in [4.69, 9.17) is 10.5 Å². The highest BCUT2D eigenvalue weighted by Crippen LogP contribution is 2.35. The van der Waals surface area contributed by atoms with Crippen molar-refractivity contribution in [1.29, 1.82) is 0 Å². The molecule has 0 aromatic heterocycles. The van der Waals surface area contributed by atoms with Gasteiger partial charge in [-0.2, -0.15) is 0 Å². The van der Waals surface area contributed by atoms with Crippen molar-refractivity contribution < 1.29 is 29.0 Å². The van der Waals surface area contributed by atoms with Gasteiger partial charge in [-0.05, 0) is 57.9 Å². The number of carbonyl (C=O) groups is 4. The first-order valence-corrected chi connectivity index (χ1v) is 15.6. The standard InChI is InChI=1S/C33H48N6O6/c1-21(2)35-33(44)38(5)19-28-22(3)18-39(23(4)20-40)32(43)24-12-11-15-27(31(24)45-28)37-30(42)17-8-6-7-16-29(41)36-26-14-10-9-13-25(26)34/h9-15,21-23,28,40H,6-8,16-20,34H2,1-5H3,(H,35,44)(H,36,41)(H,37,42)/t22-,23-,28+/m1/s1. The number of nitrogens with zero attached hydrogens (tertiary/aromatic N) is 2. The monoisotopic (exact) mass is 624 g/mol. The number of hydrogen-bond donors (Lipinski definition) is 5. The fourth-order valence-electron chi connectivity index (χ4n) is 5.05. The number of aliphatic hydroxyl groups excluding tert-OH is 1. The molecular formula is C33H48N6O6. The summed E-state index contributed by atoms with van der Waals surface area (Å²) in [6.07, 6.45) is 1.87. The zero-order chi connectivity index (χ0) is 33.1. The van der Waals surface area contributed by atoms with Gasteiger partial charge in [0.05, 0.1) is 41.8 Å². The number of nitrogen functional groups attached to an aromatic ring is 1. The summed E-state index contributed by atoms with van der Waals surface area (Å²) in [6, 6.07) is 11.3. The van der Waals surface area contributed by atoms with Crippen LogP contribution in [0.5, 0.6) is 5.75 Å². The highest BCUT2D eigenvalue weighted by molar-refractivity contribution is 6.01. The first kappa shape index (κ1) is 35.2. The van der Waals surface area contributed by atoms with E-state index in [0.717, 1.165) is 0 Å². The van der Waals surface area contributed by atoms with Crippen LogP contribution in [0.2, 0.25) is 0 Å². The van der Waals surface area contributed by atoms with E-state index in [9.17, 15) is 24.3 Å². The van der Waals surface area contributed by atoms with Crippen LogP contribution in [-0.2, 0) is 9.59 Å². The minimum atomic E-state index is -0.511. The summed E-state index contributed by atoms with van der Waals surface area (Å²) >= 11 is 0. The van der Waals surface area contributed by atoms with Gasteiger partial charge in [0.25, 0.3) is 5.91 Å². The lowest BCUT2D eigenvalue weighted by Gasteiger charge is -2.38. The molecule has 3 rings (SSSR count). The highest BCUT2D eigenvalue weighted by atomic mass is 16.5. The van der Waals surface area contributed by atoms with Crippen LogP contribution in [0.15, 0.2) is 42.5 Å². The fraction of sp³-hybridized carbons (Fsp3) is 0.515. The molecule has 6 N–H and O–H groups in total. The van der Waals surface area contributed by atoms with Crippen LogP contribution in [0.3, 0.4) is 0 Å². The number of anilines is 3. The number of nitrogens with one attached hydrogen (secondary N) is 3. The zero-order valence-electron chi connectivity index (χ0n) is 27.0. The number of benzene rings is 2. The number of amides is 5. The number of nitrogens with two attached hydrogens (primary N) is 1. The molecule has 246 valence electrons. The van der Waals surface area contributed by atoms with Gasteiger partial charge in [0.1, 0.15) is 6.10 Å². The first-order valence-electron chi connectivity index (χ1n) is 15.6. The Hall–Kier alpha value is -4.32. The number of para-hydroxylation sites is 3. The summed E-state index contributed by atoms with van der Waals surface area (Å²) in [5.74, 6) is -0.666. The van der Waals surface area contributed by atoms with Crippen molar-refractivity contribution in [2.45, 2.75) is 78.0 Å². The number of urea groups is 1. The molecule has 12 nitrogen and oxygen atoms in total. The maximum Gasteiger partial charge on any atom is 0.317 e. The zero-order valence-corrected chi connectivity index (χ0v) is 27.0. The summed E-state index contributed by atoms with van der Waals surface area (Å²) in [6.45, 7) is 7.81. The van der Waals surface area contributed by atoms with Gasteiger partial charge in [-0.3, -0.25) is 14.4 Å². The predicted octanol–water partition coefficient (Wildman–Crippen LogP) is 4.07. The molecule has 0 saturated carbocycles. The fourth-order valence-corrected chi connectivity index (χ4v) is 5.05. The Bertz CT molecular complexity index is 1330. The Morgan fingerprint density at radius 3 is 2.24 bits per heavy atom. The lowest BCUT2D eigenvalue weighted by molar-refractivity contribution is -0.116. The van der Waals surface area contributed by atoms with Crippen molar-refractivity contribution in [3.63, 3.8) is 0 Å². The smallest absolute Gasteiger partial charge is 0.317 e. The molecule has 0 unspecified atom stereocenters. The second kappa shape index (κ2) is 16.7. The van der Waals surface area contributed by atoms with E-state index in [2.05, 4.69) is 16.0 Å². The van der Waals surface area contributed by atoms with Crippen LogP contribution in [0.4, 0.5) is 21.9 Å². The minimum Gasteiger partial charge on any atom is -0.485 e. The minimum absolute atomic E-state index is 0.0394. The molecule has 2 aromatic carbocycles. The molecule has 45 heavy (non-hydrogen) atoms. The lowest BCUT2D eigenvalue weighted by atomic mass is 9.99. The lowest BCUT2D eigenvalue weighted by Crippen LogP contribution is -2.51. The second-order valence-electron chi connectivity index (χ2n) is 12.0.